The lowest BCUT2D eigenvalue weighted by Crippen LogP contribution is -2.32. The van der Waals surface area contributed by atoms with Crippen LogP contribution >= 0.6 is 0 Å². The Morgan fingerprint density at radius 2 is 2.19 bits per heavy atom. The molecule has 0 bridgehead atoms. The summed E-state index contributed by atoms with van der Waals surface area (Å²) >= 11 is 0. The van der Waals surface area contributed by atoms with Crippen LogP contribution in [-0.2, 0) is 20.7 Å². The standard InChI is InChI=1S/C17H22O4/c1-5-20-17(11-14(4)16(18)21-17)10-12(2)6-7-15-13(3)8-9-19-15/h6,8-9,11H,5,7,10H2,1-4H3/b12-6+. The Bertz CT molecular complexity index is 579. The van der Waals surface area contributed by atoms with Crippen molar-refractivity contribution in [1.29, 1.82) is 0 Å². The van der Waals surface area contributed by atoms with Crippen molar-refractivity contribution >= 4 is 5.97 Å². The van der Waals surface area contributed by atoms with Gasteiger partial charge in [0.15, 0.2) is 0 Å². The minimum Gasteiger partial charge on any atom is -0.469 e. The van der Waals surface area contributed by atoms with Gasteiger partial charge in [-0.2, -0.15) is 0 Å². The van der Waals surface area contributed by atoms with Gasteiger partial charge >= 0.3 is 5.97 Å². The van der Waals surface area contributed by atoms with Crippen LogP contribution in [0.1, 0.15) is 38.5 Å². The van der Waals surface area contributed by atoms with Crippen molar-refractivity contribution in [3.05, 3.63) is 47.0 Å². The Morgan fingerprint density at radius 1 is 1.43 bits per heavy atom. The van der Waals surface area contributed by atoms with Crippen molar-refractivity contribution < 1.29 is 18.7 Å². The molecule has 0 saturated carbocycles. The van der Waals surface area contributed by atoms with Crippen LogP contribution in [0.25, 0.3) is 0 Å². The molecule has 0 fully saturated rings. The molecule has 21 heavy (non-hydrogen) atoms. The van der Waals surface area contributed by atoms with Crippen LogP contribution in [0.2, 0.25) is 0 Å². The molecule has 0 N–H and O–H groups in total. The summed E-state index contributed by atoms with van der Waals surface area (Å²) in [6.07, 6.45) is 6.81. The van der Waals surface area contributed by atoms with E-state index >= 15 is 0 Å². The summed E-state index contributed by atoms with van der Waals surface area (Å²) in [4.78, 5) is 11.6. The number of hydrogen-bond donors (Lipinski definition) is 0. The fraction of sp³-hybridized carbons (Fsp3) is 0.471. The minimum atomic E-state index is -0.950. The van der Waals surface area contributed by atoms with Crippen LogP contribution in [0.3, 0.4) is 0 Å². The van der Waals surface area contributed by atoms with Gasteiger partial charge in [-0.25, -0.2) is 4.79 Å². The summed E-state index contributed by atoms with van der Waals surface area (Å²) in [7, 11) is 0. The van der Waals surface area contributed by atoms with E-state index in [0.29, 0.717) is 18.6 Å². The molecule has 1 aromatic rings. The number of hydrogen-bond acceptors (Lipinski definition) is 4. The SMILES string of the molecule is CCOC1(C/C(C)=C/Cc2occc2C)C=C(C)C(=O)O1. The number of cyclic esters (lactones) is 1. The quantitative estimate of drug-likeness (QED) is 0.592. The van der Waals surface area contributed by atoms with E-state index in [1.54, 1.807) is 19.3 Å². The van der Waals surface area contributed by atoms with Gasteiger partial charge in [-0.3, -0.25) is 0 Å². The van der Waals surface area contributed by atoms with Crippen molar-refractivity contribution in [1.82, 2.24) is 0 Å². The molecule has 4 heteroatoms. The highest BCUT2D eigenvalue weighted by atomic mass is 16.7. The minimum absolute atomic E-state index is 0.307. The van der Waals surface area contributed by atoms with E-state index in [4.69, 9.17) is 13.9 Å². The molecule has 1 aromatic heterocycles. The molecule has 1 aliphatic rings. The summed E-state index contributed by atoms with van der Waals surface area (Å²) in [5, 5.41) is 0. The van der Waals surface area contributed by atoms with Gasteiger partial charge in [0.05, 0.1) is 6.26 Å². The summed E-state index contributed by atoms with van der Waals surface area (Å²) in [6, 6.07) is 1.95. The number of rotatable bonds is 6. The van der Waals surface area contributed by atoms with Gasteiger partial charge in [-0.15, -0.1) is 0 Å². The predicted octanol–water partition coefficient (Wildman–Crippen LogP) is 3.70. The Hall–Kier alpha value is -1.81. The Kier molecular flexibility index (Phi) is 4.68. The van der Waals surface area contributed by atoms with E-state index in [2.05, 4.69) is 6.08 Å². The van der Waals surface area contributed by atoms with Crippen molar-refractivity contribution in [3.63, 3.8) is 0 Å². The number of furan rings is 1. The highest BCUT2D eigenvalue weighted by Crippen LogP contribution is 2.32. The first kappa shape index (κ1) is 15.6. The fourth-order valence-corrected chi connectivity index (χ4v) is 2.45. The third kappa shape index (κ3) is 3.64. The molecule has 0 spiro atoms. The molecule has 0 radical (unpaired) electrons. The number of ether oxygens (including phenoxy) is 2. The predicted molar refractivity (Wildman–Crippen MR) is 79.7 cm³/mol. The second-order valence-corrected chi connectivity index (χ2v) is 5.42. The summed E-state index contributed by atoms with van der Waals surface area (Å²) in [5.74, 6) is -0.303. The smallest absolute Gasteiger partial charge is 0.336 e. The van der Waals surface area contributed by atoms with E-state index in [1.807, 2.05) is 26.8 Å². The van der Waals surface area contributed by atoms with Crippen molar-refractivity contribution in [3.8, 4) is 0 Å². The average Bonchev–Trinajstić information content (AvgIpc) is 2.92. The largest absolute Gasteiger partial charge is 0.469 e. The summed E-state index contributed by atoms with van der Waals surface area (Å²) in [5.41, 5.74) is 2.83. The highest BCUT2D eigenvalue weighted by Gasteiger charge is 2.39. The molecule has 1 aliphatic heterocycles. The van der Waals surface area contributed by atoms with Gasteiger partial charge in [-0.1, -0.05) is 11.6 Å². The van der Waals surface area contributed by atoms with E-state index in [-0.39, 0.29) is 5.97 Å². The van der Waals surface area contributed by atoms with Gasteiger partial charge in [0.1, 0.15) is 5.76 Å². The van der Waals surface area contributed by atoms with Crippen LogP contribution in [-0.4, -0.2) is 18.4 Å². The second-order valence-electron chi connectivity index (χ2n) is 5.42. The maximum atomic E-state index is 11.6. The van der Waals surface area contributed by atoms with E-state index in [9.17, 15) is 4.79 Å². The maximum Gasteiger partial charge on any atom is 0.336 e. The molecular formula is C17H22O4. The zero-order chi connectivity index (χ0) is 15.5. The number of carbonyl (C=O) groups is 1. The first-order valence-electron chi connectivity index (χ1n) is 7.21. The number of allylic oxidation sites excluding steroid dienone is 1. The normalized spacial score (nSPS) is 22.4. The Morgan fingerprint density at radius 3 is 2.71 bits per heavy atom. The number of carbonyl (C=O) groups excluding carboxylic acids is 1. The average molecular weight is 290 g/mol. The molecule has 0 aliphatic carbocycles. The van der Waals surface area contributed by atoms with E-state index < -0.39 is 5.79 Å². The van der Waals surface area contributed by atoms with Crippen molar-refractivity contribution in [2.24, 2.45) is 0 Å². The first-order valence-corrected chi connectivity index (χ1v) is 7.21. The van der Waals surface area contributed by atoms with Crippen LogP contribution in [0.5, 0.6) is 0 Å². The van der Waals surface area contributed by atoms with Crippen LogP contribution < -0.4 is 0 Å². The van der Waals surface area contributed by atoms with Gasteiger partial charge in [0, 0.05) is 25.0 Å². The van der Waals surface area contributed by atoms with Gasteiger partial charge in [0.25, 0.3) is 0 Å². The third-order valence-corrected chi connectivity index (χ3v) is 3.54. The molecule has 1 unspecified atom stereocenters. The van der Waals surface area contributed by atoms with Gasteiger partial charge in [-0.05, 0) is 45.4 Å². The lowest BCUT2D eigenvalue weighted by atomic mass is 10.0. The van der Waals surface area contributed by atoms with E-state index in [1.165, 1.54) is 0 Å². The topological polar surface area (TPSA) is 48.7 Å². The molecule has 2 heterocycles. The molecule has 114 valence electrons. The van der Waals surface area contributed by atoms with Crippen LogP contribution in [0.4, 0.5) is 0 Å². The lowest BCUT2D eigenvalue weighted by molar-refractivity contribution is -0.195. The molecule has 1 atom stereocenters. The molecule has 2 rings (SSSR count). The van der Waals surface area contributed by atoms with Crippen LogP contribution in [0, 0.1) is 6.92 Å². The van der Waals surface area contributed by atoms with Gasteiger partial charge in [0.2, 0.25) is 5.79 Å². The van der Waals surface area contributed by atoms with Crippen molar-refractivity contribution in [2.45, 2.75) is 46.3 Å². The zero-order valence-corrected chi connectivity index (χ0v) is 13.1. The number of aryl methyl sites for hydroxylation is 1. The third-order valence-electron chi connectivity index (χ3n) is 3.54. The van der Waals surface area contributed by atoms with Gasteiger partial charge < -0.3 is 13.9 Å². The fourth-order valence-electron chi connectivity index (χ4n) is 2.45. The maximum absolute atomic E-state index is 11.6. The van der Waals surface area contributed by atoms with E-state index in [0.717, 1.165) is 23.3 Å². The molecule has 0 amide bonds. The number of esters is 1. The molecular weight excluding hydrogens is 268 g/mol. The Balaban J connectivity index is 2.07. The molecule has 0 saturated heterocycles. The van der Waals surface area contributed by atoms with Crippen molar-refractivity contribution in [2.75, 3.05) is 6.61 Å². The Labute approximate surface area is 125 Å². The molecule has 0 aromatic carbocycles. The first-order chi connectivity index (χ1) is 9.96. The zero-order valence-electron chi connectivity index (χ0n) is 13.1. The second kappa shape index (κ2) is 6.31. The highest BCUT2D eigenvalue weighted by molar-refractivity contribution is 5.90. The summed E-state index contributed by atoms with van der Waals surface area (Å²) < 4.78 is 16.5. The van der Waals surface area contributed by atoms with Crippen LogP contribution in [0.15, 0.2) is 40.0 Å². The summed E-state index contributed by atoms with van der Waals surface area (Å²) in [6.45, 7) is 8.15. The lowest BCUT2D eigenvalue weighted by Gasteiger charge is -2.26. The molecule has 4 nitrogen and oxygen atoms in total. The monoisotopic (exact) mass is 290 g/mol.